The molecule has 0 aliphatic carbocycles. The molecule has 0 aromatic carbocycles. The Balaban J connectivity index is -0.000000300. The molecular formula is C13H26N4O8. The van der Waals surface area contributed by atoms with E-state index in [-0.39, 0.29) is 19.1 Å². The van der Waals surface area contributed by atoms with Crippen LogP contribution in [0.5, 0.6) is 0 Å². The third-order valence-corrected chi connectivity index (χ3v) is 2.14. The van der Waals surface area contributed by atoms with Crippen LogP contribution in [0, 0.1) is 5.41 Å². The van der Waals surface area contributed by atoms with Gasteiger partial charge in [-0.25, -0.2) is 4.79 Å². The average Bonchev–Trinajstić information content (AvgIpc) is 2.44. The molecule has 7 N–H and O–H groups in total. The SMILES string of the molecule is CN(C)CCO.CN(CC(=O)O)C(=N)N.O=C(O)CCC(=O)C(=O)O. The van der Waals surface area contributed by atoms with Gasteiger partial charge in [-0.3, -0.25) is 19.8 Å². The first kappa shape index (κ1) is 27.1. The van der Waals surface area contributed by atoms with Crippen molar-refractivity contribution in [3.05, 3.63) is 0 Å². The van der Waals surface area contributed by atoms with E-state index in [1.807, 2.05) is 19.0 Å². The minimum Gasteiger partial charge on any atom is -0.481 e. The second kappa shape index (κ2) is 16.1. The van der Waals surface area contributed by atoms with Crippen LogP contribution in [0.2, 0.25) is 0 Å². The number of hydrogen-bond donors (Lipinski definition) is 6. The Kier molecular flexibility index (Phi) is 17.5. The Morgan fingerprint density at radius 3 is 1.60 bits per heavy atom. The highest BCUT2D eigenvalue weighted by Crippen LogP contribution is 1.90. The lowest BCUT2D eigenvalue weighted by molar-refractivity contribution is -0.149. The molecule has 0 bridgehead atoms. The molecule has 0 aromatic heterocycles. The Hall–Kier alpha value is -2.73. The van der Waals surface area contributed by atoms with Crippen molar-refractivity contribution in [2.75, 3.05) is 40.8 Å². The summed E-state index contributed by atoms with van der Waals surface area (Å²) in [5.41, 5.74) is 4.93. The number of aliphatic hydroxyl groups is 1. The molecule has 0 fully saturated rings. The first-order valence-corrected chi connectivity index (χ1v) is 6.85. The van der Waals surface area contributed by atoms with Gasteiger partial charge in [-0.2, -0.15) is 0 Å². The van der Waals surface area contributed by atoms with Gasteiger partial charge in [0.15, 0.2) is 5.96 Å². The Bertz CT molecular complexity index is 453. The van der Waals surface area contributed by atoms with Crippen LogP contribution < -0.4 is 5.73 Å². The summed E-state index contributed by atoms with van der Waals surface area (Å²) in [6.45, 7) is 0.794. The number of aliphatic carboxylic acids is 3. The van der Waals surface area contributed by atoms with Gasteiger partial charge >= 0.3 is 17.9 Å². The highest BCUT2D eigenvalue weighted by molar-refractivity contribution is 6.32. The largest absolute Gasteiger partial charge is 0.481 e. The third-order valence-electron chi connectivity index (χ3n) is 2.14. The predicted molar refractivity (Wildman–Crippen MR) is 87.3 cm³/mol. The van der Waals surface area contributed by atoms with Crippen LogP contribution in [-0.4, -0.2) is 101 Å². The molecule has 0 amide bonds. The van der Waals surface area contributed by atoms with Gasteiger partial charge in [-0.15, -0.1) is 0 Å². The summed E-state index contributed by atoms with van der Waals surface area (Å²) in [6, 6.07) is 0. The van der Waals surface area contributed by atoms with E-state index in [0.717, 1.165) is 11.4 Å². The lowest BCUT2D eigenvalue weighted by atomic mass is 10.2. The number of guanidine groups is 1. The van der Waals surface area contributed by atoms with Crippen LogP contribution in [0.1, 0.15) is 12.8 Å². The molecule has 12 heteroatoms. The van der Waals surface area contributed by atoms with E-state index >= 15 is 0 Å². The van der Waals surface area contributed by atoms with E-state index in [4.69, 9.17) is 31.6 Å². The summed E-state index contributed by atoms with van der Waals surface area (Å²) < 4.78 is 0. The summed E-state index contributed by atoms with van der Waals surface area (Å²) in [5, 5.41) is 39.0. The molecule has 0 aliphatic rings. The number of carbonyl (C=O) groups is 4. The summed E-state index contributed by atoms with van der Waals surface area (Å²) in [6.07, 6.45) is -0.865. The zero-order valence-electron chi connectivity index (χ0n) is 14.4. The number of likely N-dealkylation sites (N-methyl/N-ethyl adjacent to an activating group) is 2. The number of nitrogens with zero attached hydrogens (tertiary/aromatic N) is 2. The lowest BCUT2D eigenvalue weighted by Crippen LogP contribution is -2.36. The molecule has 0 radical (unpaired) electrons. The minimum absolute atomic E-state index is 0.227. The topological polar surface area (TPSA) is 206 Å². The molecule has 0 saturated carbocycles. The molecular weight excluding hydrogens is 340 g/mol. The van der Waals surface area contributed by atoms with Gasteiger partial charge < -0.3 is 36.0 Å². The second-order valence-corrected chi connectivity index (χ2v) is 4.78. The zero-order valence-corrected chi connectivity index (χ0v) is 14.4. The molecule has 0 spiro atoms. The number of hydrogen-bond acceptors (Lipinski definition) is 7. The van der Waals surface area contributed by atoms with Crippen molar-refractivity contribution in [1.29, 1.82) is 5.41 Å². The van der Waals surface area contributed by atoms with Crippen molar-refractivity contribution in [3.8, 4) is 0 Å². The number of carbonyl (C=O) groups excluding carboxylic acids is 1. The normalized spacial score (nSPS) is 9.00. The number of Topliss-reactive ketones (excluding diaryl/α,β-unsaturated/α-hetero) is 1. The quantitative estimate of drug-likeness (QED) is 0.156. The van der Waals surface area contributed by atoms with Gasteiger partial charge in [0.2, 0.25) is 5.78 Å². The van der Waals surface area contributed by atoms with E-state index < -0.39 is 36.5 Å². The van der Waals surface area contributed by atoms with Crippen molar-refractivity contribution >= 4 is 29.7 Å². The van der Waals surface area contributed by atoms with E-state index in [9.17, 15) is 19.2 Å². The van der Waals surface area contributed by atoms with Crippen LogP contribution in [0.3, 0.4) is 0 Å². The lowest BCUT2D eigenvalue weighted by Gasteiger charge is -2.12. The molecule has 0 saturated heterocycles. The summed E-state index contributed by atoms with van der Waals surface area (Å²) >= 11 is 0. The molecule has 0 aromatic rings. The van der Waals surface area contributed by atoms with Gasteiger partial charge in [-0.05, 0) is 14.1 Å². The number of rotatable bonds is 8. The predicted octanol–water partition coefficient (Wildman–Crippen LogP) is -2.06. The van der Waals surface area contributed by atoms with Gasteiger partial charge in [0.25, 0.3) is 0 Å². The number of nitrogens with two attached hydrogens (primary N) is 1. The molecule has 0 heterocycles. The van der Waals surface area contributed by atoms with Crippen molar-refractivity contribution in [1.82, 2.24) is 9.80 Å². The third kappa shape index (κ3) is 26.5. The van der Waals surface area contributed by atoms with Crippen molar-refractivity contribution in [3.63, 3.8) is 0 Å². The van der Waals surface area contributed by atoms with Crippen molar-refractivity contribution in [2.24, 2.45) is 5.73 Å². The van der Waals surface area contributed by atoms with Crippen LogP contribution in [0.15, 0.2) is 0 Å². The minimum atomic E-state index is -1.58. The fourth-order valence-corrected chi connectivity index (χ4v) is 0.815. The van der Waals surface area contributed by atoms with Gasteiger partial charge in [-0.1, -0.05) is 0 Å². The van der Waals surface area contributed by atoms with E-state index in [0.29, 0.717) is 0 Å². The molecule has 0 atom stereocenters. The molecule has 146 valence electrons. The van der Waals surface area contributed by atoms with Crippen LogP contribution in [0.25, 0.3) is 0 Å². The fourth-order valence-electron chi connectivity index (χ4n) is 0.815. The second-order valence-electron chi connectivity index (χ2n) is 4.78. The average molecular weight is 366 g/mol. The van der Waals surface area contributed by atoms with Crippen molar-refractivity contribution < 1.29 is 39.6 Å². The maximum Gasteiger partial charge on any atom is 0.372 e. The Morgan fingerprint density at radius 2 is 1.44 bits per heavy atom. The number of carboxylic acids is 3. The molecule has 0 aliphatic heterocycles. The standard InChI is InChI=1S/C5H6O5.C4H9N3O2.C4H11NO/c6-3(5(9)10)1-2-4(7)8;1-7(4(5)6)2-3(8)9;1-5(2)3-4-6/h1-2H2,(H,7,8)(H,9,10);2H2,1H3,(H3,5,6)(H,8,9);6H,3-4H2,1-2H3. The molecule has 0 rings (SSSR count). The fraction of sp³-hybridized carbons (Fsp3) is 0.615. The Labute approximate surface area is 144 Å². The maximum atomic E-state index is 10.2. The monoisotopic (exact) mass is 366 g/mol. The maximum absolute atomic E-state index is 10.2. The first-order chi connectivity index (χ1) is 11.3. The van der Waals surface area contributed by atoms with Crippen molar-refractivity contribution in [2.45, 2.75) is 12.8 Å². The highest BCUT2D eigenvalue weighted by Gasteiger charge is 2.12. The molecule has 12 nitrogen and oxygen atoms in total. The van der Waals surface area contributed by atoms with E-state index in [2.05, 4.69) is 0 Å². The smallest absolute Gasteiger partial charge is 0.372 e. The number of ketones is 1. The van der Waals surface area contributed by atoms with Crippen LogP contribution in [0.4, 0.5) is 0 Å². The van der Waals surface area contributed by atoms with Gasteiger partial charge in [0.1, 0.15) is 6.54 Å². The van der Waals surface area contributed by atoms with Gasteiger partial charge in [0.05, 0.1) is 13.0 Å². The summed E-state index contributed by atoms with van der Waals surface area (Å²) in [7, 11) is 5.29. The van der Waals surface area contributed by atoms with Crippen LogP contribution >= 0.6 is 0 Å². The highest BCUT2D eigenvalue weighted by atomic mass is 16.4. The first-order valence-electron chi connectivity index (χ1n) is 6.85. The van der Waals surface area contributed by atoms with E-state index in [1.165, 1.54) is 7.05 Å². The van der Waals surface area contributed by atoms with E-state index in [1.54, 1.807) is 0 Å². The molecule has 0 unspecified atom stereocenters. The van der Waals surface area contributed by atoms with Crippen LogP contribution in [-0.2, 0) is 19.2 Å². The molecule has 25 heavy (non-hydrogen) atoms. The number of nitrogens with one attached hydrogen (secondary N) is 1. The number of carboxylic acid groups (broad SMARTS) is 3. The summed E-state index contributed by atoms with van der Waals surface area (Å²) in [4.78, 5) is 42.7. The number of aliphatic hydroxyl groups excluding tert-OH is 1. The van der Waals surface area contributed by atoms with Gasteiger partial charge in [0, 0.05) is 20.0 Å². The Morgan fingerprint density at radius 1 is 0.960 bits per heavy atom. The summed E-state index contributed by atoms with van der Waals surface area (Å²) in [5.74, 6) is -5.05. The zero-order chi connectivity index (χ0) is 20.6.